The van der Waals surface area contributed by atoms with Crippen molar-refractivity contribution < 1.29 is 4.79 Å². The number of anilines is 1. The van der Waals surface area contributed by atoms with Crippen molar-refractivity contribution in [3.8, 4) is 11.3 Å². The summed E-state index contributed by atoms with van der Waals surface area (Å²) in [5.41, 5.74) is 5.13. The van der Waals surface area contributed by atoms with Crippen LogP contribution in [-0.2, 0) is 13.0 Å². The lowest BCUT2D eigenvalue weighted by atomic mass is 10.1. The van der Waals surface area contributed by atoms with Crippen molar-refractivity contribution >= 4 is 29.7 Å². The summed E-state index contributed by atoms with van der Waals surface area (Å²) in [7, 11) is 0. The van der Waals surface area contributed by atoms with E-state index in [2.05, 4.69) is 49.4 Å². The van der Waals surface area contributed by atoms with Crippen molar-refractivity contribution in [1.82, 2.24) is 20.3 Å². The molecule has 2 amide bonds. The van der Waals surface area contributed by atoms with Crippen molar-refractivity contribution in [2.75, 3.05) is 11.9 Å². The summed E-state index contributed by atoms with van der Waals surface area (Å²) in [4.78, 5) is 29.8. The fourth-order valence-corrected chi connectivity index (χ4v) is 3.53. The van der Waals surface area contributed by atoms with Crippen LogP contribution in [0.15, 0.2) is 77.9 Å². The van der Waals surface area contributed by atoms with Crippen molar-refractivity contribution in [2.45, 2.75) is 25.8 Å². The molecule has 4 rings (SSSR count). The quantitative estimate of drug-likeness (QED) is 0.283. The van der Waals surface area contributed by atoms with E-state index in [1.165, 1.54) is 5.56 Å². The molecule has 0 atom stereocenters. The van der Waals surface area contributed by atoms with Crippen LogP contribution < -0.4 is 10.6 Å². The van der Waals surface area contributed by atoms with Crippen LogP contribution >= 0.6 is 0 Å². The van der Waals surface area contributed by atoms with Crippen LogP contribution in [-0.4, -0.2) is 34.2 Å². The smallest absolute Gasteiger partial charge is 0.320 e. The minimum Gasteiger partial charge on any atom is -0.338 e. The Morgan fingerprint density at radius 3 is 2.64 bits per heavy atom. The van der Waals surface area contributed by atoms with Gasteiger partial charge in [0.15, 0.2) is 5.65 Å². The highest BCUT2D eigenvalue weighted by molar-refractivity contribution is 5.89. The maximum atomic E-state index is 12.3. The molecule has 7 heteroatoms. The third-order valence-corrected chi connectivity index (χ3v) is 5.19. The molecule has 2 heterocycles. The van der Waals surface area contributed by atoms with Gasteiger partial charge in [0.05, 0.1) is 18.4 Å². The summed E-state index contributed by atoms with van der Waals surface area (Å²) < 4.78 is 0. The van der Waals surface area contributed by atoms with E-state index in [-0.39, 0.29) is 6.03 Å². The van der Waals surface area contributed by atoms with Gasteiger partial charge in [0.2, 0.25) is 0 Å². The number of carbonyl (C=O) groups excluding carboxylic acids is 1. The average Bonchev–Trinajstić information content (AvgIpc) is 2.84. The molecule has 4 aromatic rings. The summed E-state index contributed by atoms with van der Waals surface area (Å²) in [5.74, 6) is 0.431. The van der Waals surface area contributed by atoms with Crippen molar-refractivity contribution in [3.05, 3.63) is 84.1 Å². The third-order valence-electron chi connectivity index (χ3n) is 5.19. The molecule has 0 aliphatic rings. The number of hydrogen-bond acceptors (Lipinski definition) is 5. The first-order valence-corrected chi connectivity index (χ1v) is 11.0. The van der Waals surface area contributed by atoms with Gasteiger partial charge in [0.25, 0.3) is 0 Å². The van der Waals surface area contributed by atoms with E-state index < -0.39 is 0 Å². The summed E-state index contributed by atoms with van der Waals surface area (Å²) in [6.45, 7) is 4.69. The SMILES string of the molecule is C=NCc1cccc(-c2cnc3ccc(NC(=O)NCCCCc4ccccc4)nc3n2)c1. The second kappa shape index (κ2) is 10.9. The molecule has 0 aliphatic carbocycles. The number of aliphatic imine (C=N–C) groups is 1. The van der Waals surface area contributed by atoms with Gasteiger partial charge in [-0.2, -0.15) is 0 Å². The molecule has 0 aliphatic heterocycles. The molecule has 0 radical (unpaired) electrons. The van der Waals surface area contributed by atoms with Crippen LogP contribution in [0.4, 0.5) is 10.6 Å². The van der Waals surface area contributed by atoms with Crippen LogP contribution in [0.1, 0.15) is 24.0 Å². The maximum Gasteiger partial charge on any atom is 0.320 e. The highest BCUT2D eigenvalue weighted by Crippen LogP contribution is 2.21. The molecule has 166 valence electrons. The van der Waals surface area contributed by atoms with Crippen molar-refractivity contribution in [3.63, 3.8) is 0 Å². The van der Waals surface area contributed by atoms with E-state index in [0.717, 1.165) is 30.4 Å². The molecular formula is C26H26N6O. The van der Waals surface area contributed by atoms with Gasteiger partial charge >= 0.3 is 6.03 Å². The van der Waals surface area contributed by atoms with E-state index in [9.17, 15) is 4.79 Å². The third kappa shape index (κ3) is 6.20. The number of nitrogens with zero attached hydrogens (tertiary/aromatic N) is 4. The highest BCUT2D eigenvalue weighted by Gasteiger charge is 2.08. The Bertz CT molecular complexity index is 1240. The molecule has 2 aromatic carbocycles. The maximum absolute atomic E-state index is 12.3. The van der Waals surface area contributed by atoms with Gasteiger partial charge in [-0.1, -0.05) is 48.5 Å². The minimum atomic E-state index is -0.282. The second-order valence-corrected chi connectivity index (χ2v) is 7.70. The van der Waals surface area contributed by atoms with E-state index >= 15 is 0 Å². The molecule has 0 bridgehead atoms. The molecule has 2 N–H and O–H groups in total. The molecule has 7 nitrogen and oxygen atoms in total. The number of pyridine rings is 1. The van der Waals surface area contributed by atoms with Gasteiger partial charge in [-0.05, 0) is 55.3 Å². The predicted octanol–water partition coefficient (Wildman–Crippen LogP) is 5.04. The van der Waals surface area contributed by atoms with Gasteiger partial charge in [-0.15, -0.1) is 0 Å². The zero-order valence-corrected chi connectivity index (χ0v) is 18.4. The number of benzene rings is 2. The van der Waals surface area contributed by atoms with Crippen LogP contribution in [0.2, 0.25) is 0 Å². The first kappa shape index (κ1) is 22.1. The number of nitrogens with one attached hydrogen (secondary N) is 2. The largest absolute Gasteiger partial charge is 0.338 e. The fraction of sp³-hybridized carbons (Fsp3) is 0.192. The normalized spacial score (nSPS) is 10.7. The molecule has 0 fully saturated rings. The number of hydrogen-bond donors (Lipinski definition) is 2. The van der Waals surface area contributed by atoms with Crippen molar-refractivity contribution in [1.29, 1.82) is 0 Å². The van der Waals surface area contributed by atoms with E-state index in [4.69, 9.17) is 0 Å². The summed E-state index contributed by atoms with van der Waals surface area (Å²) in [6.07, 6.45) is 4.65. The minimum absolute atomic E-state index is 0.282. The Balaban J connectivity index is 1.34. The van der Waals surface area contributed by atoms with Gasteiger partial charge in [-0.25, -0.2) is 14.8 Å². The Morgan fingerprint density at radius 1 is 0.939 bits per heavy atom. The molecule has 0 saturated heterocycles. The number of amides is 2. The fourth-order valence-electron chi connectivity index (χ4n) is 3.53. The second-order valence-electron chi connectivity index (χ2n) is 7.70. The zero-order chi connectivity index (χ0) is 22.9. The standard InChI is InChI=1S/C26H26N6O/c1-27-17-20-11-7-12-21(16-20)23-18-29-22-13-14-24(31-25(22)30-23)32-26(33)28-15-6-5-10-19-8-3-2-4-9-19/h2-4,7-9,11-14,16,18H,1,5-6,10,15,17H2,(H2,28,30,31,32,33). The van der Waals surface area contributed by atoms with Gasteiger partial charge in [0, 0.05) is 12.1 Å². The van der Waals surface area contributed by atoms with E-state index in [1.807, 2.05) is 42.5 Å². The summed E-state index contributed by atoms with van der Waals surface area (Å²) in [6, 6.07) is 21.5. The lowest BCUT2D eigenvalue weighted by Crippen LogP contribution is -2.29. The molecule has 33 heavy (non-hydrogen) atoms. The Hall–Kier alpha value is -4.13. The first-order valence-electron chi connectivity index (χ1n) is 11.0. The van der Waals surface area contributed by atoms with Gasteiger partial charge in [-0.3, -0.25) is 15.3 Å². The summed E-state index contributed by atoms with van der Waals surface area (Å²) >= 11 is 0. The lowest BCUT2D eigenvalue weighted by molar-refractivity contribution is 0.252. The zero-order valence-electron chi connectivity index (χ0n) is 18.4. The van der Waals surface area contributed by atoms with Crippen molar-refractivity contribution in [2.24, 2.45) is 4.99 Å². The number of carbonyl (C=O) groups is 1. The highest BCUT2D eigenvalue weighted by atomic mass is 16.2. The lowest BCUT2D eigenvalue weighted by Gasteiger charge is -2.08. The summed E-state index contributed by atoms with van der Waals surface area (Å²) in [5, 5.41) is 5.66. The molecular weight excluding hydrogens is 412 g/mol. The number of fused-ring (bicyclic) bond motifs is 1. The number of urea groups is 1. The van der Waals surface area contributed by atoms with E-state index in [0.29, 0.717) is 35.8 Å². The number of aromatic nitrogens is 3. The first-order chi connectivity index (χ1) is 16.2. The van der Waals surface area contributed by atoms with Gasteiger partial charge in [0.1, 0.15) is 11.3 Å². The van der Waals surface area contributed by atoms with Crippen LogP contribution in [0.5, 0.6) is 0 Å². The van der Waals surface area contributed by atoms with Gasteiger partial charge < -0.3 is 5.32 Å². The molecule has 0 unspecified atom stereocenters. The van der Waals surface area contributed by atoms with Crippen LogP contribution in [0.3, 0.4) is 0 Å². The number of aryl methyl sites for hydroxylation is 1. The number of rotatable bonds is 9. The molecule has 0 spiro atoms. The molecule has 2 aromatic heterocycles. The average molecular weight is 439 g/mol. The predicted molar refractivity (Wildman–Crippen MR) is 132 cm³/mol. The topological polar surface area (TPSA) is 92.2 Å². The monoisotopic (exact) mass is 438 g/mol. The Kier molecular flexibility index (Phi) is 7.33. The Labute approximate surface area is 193 Å². The van der Waals surface area contributed by atoms with E-state index in [1.54, 1.807) is 18.3 Å². The van der Waals surface area contributed by atoms with Crippen LogP contribution in [0, 0.1) is 0 Å². The number of unbranched alkanes of at least 4 members (excludes halogenated alkanes) is 1. The Morgan fingerprint density at radius 2 is 1.79 bits per heavy atom. The molecule has 0 saturated carbocycles. The van der Waals surface area contributed by atoms with Crippen LogP contribution in [0.25, 0.3) is 22.4 Å².